The van der Waals surface area contributed by atoms with E-state index in [-0.39, 0.29) is 5.91 Å². The average molecular weight is 374 g/mol. The smallest absolute Gasteiger partial charge is 0.255 e. The number of amides is 1. The number of anilines is 2. The number of rotatable bonds is 3. The van der Waals surface area contributed by atoms with Gasteiger partial charge in [0.2, 0.25) is 0 Å². The highest BCUT2D eigenvalue weighted by Crippen LogP contribution is 2.35. The van der Waals surface area contributed by atoms with Crippen molar-refractivity contribution in [1.29, 1.82) is 0 Å². The fourth-order valence-electron chi connectivity index (χ4n) is 1.61. The molecule has 1 amide bonds. The minimum Gasteiger partial charge on any atom is -0.388 e. The molecule has 0 radical (unpaired) electrons. The Morgan fingerprint density at radius 2 is 1.70 bits per heavy atom. The Balaban J connectivity index is 2.21. The largest absolute Gasteiger partial charge is 0.388 e. The molecule has 0 aromatic heterocycles. The molecule has 0 aliphatic heterocycles. The number of hydrogen-bond acceptors (Lipinski definition) is 2. The molecule has 2 N–H and O–H groups in total. The van der Waals surface area contributed by atoms with Gasteiger partial charge in [-0.2, -0.15) is 0 Å². The maximum atomic E-state index is 12.1. The van der Waals surface area contributed by atoms with Crippen LogP contribution < -0.4 is 10.6 Å². The van der Waals surface area contributed by atoms with Gasteiger partial charge in [-0.1, -0.05) is 23.2 Å². The van der Waals surface area contributed by atoms with E-state index in [2.05, 4.69) is 26.6 Å². The van der Waals surface area contributed by atoms with Gasteiger partial charge in [-0.25, -0.2) is 0 Å². The molecule has 0 atom stereocenters. The van der Waals surface area contributed by atoms with Crippen molar-refractivity contribution in [3.63, 3.8) is 0 Å². The van der Waals surface area contributed by atoms with Crippen molar-refractivity contribution in [2.24, 2.45) is 0 Å². The van der Waals surface area contributed by atoms with Gasteiger partial charge in [0.05, 0.1) is 15.7 Å². The number of halogens is 3. The summed E-state index contributed by atoms with van der Waals surface area (Å²) < 4.78 is 0.681. The first-order valence-electron chi connectivity index (χ1n) is 5.75. The molecule has 0 spiro atoms. The SMILES string of the molecule is CNc1ccc(C(=O)Nc2ccc(Br)c(Cl)c2Cl)cc1. The Bertz CT molecular complexity index is 644. The van der Waals surface area contributed by atoms with Gasteiger partial charge in [-0.05, 0) is 52.3 Å². The van der Waals surface area contributed by atoms with Gasteiger partial charge in [-0.15, -0.1) is 0 Å². The number of benzene rings is 2. The Hall–Kier alpha value is -1.23. The third kappa shape index (κ3) is 3.26. The molecule has 104 valence electrons. The van der Waals surface area contributed by atoms with E-state index in [1.165, 1.54) is 0 Å². The molecule has 2 rings (SSSR count). The van der Waals surface area contributed by atoms with Crippen LogP contribution in [-0.2, 0) is 0 Å². The zero-order valence-corrected chi connectivity index (χ0v) is 13.6. The molecule has 0 bridgehead atoms. The standard InChI is InChI=1S/C14H11BrCl2N2O/c1-18-9-4-2-8(3-5-9)14(20)19-11-7-6-10(15)12(16)13(11)17/h2-7,18H,1H3,(H,19,20). The molecule has 0 saturated carbocycles. The zero-order chi connectivity index (χ0) is 14.7. The van der Waals surface area contributed by atoms with Gasteiger partial charge in [0.15, 0.2) is 0 Å². The third-order valence-corrected chi connectivity index (χ3v) is 4.49. The minimum atomic E-state index is -0.243. The van der Waals surface area contributed by atoms with E-state index in [1.807, 2.05) is 19.2 Å². The summed E-state index contributed by atoms with van der Waals surface area (Å²) in [5.74, 6) is -0.243. The summed E-state index contributed by atoms with van der Waals surface area (Å²) in [6, 6.07) is 10.5. The molecule has 3 nitrogen and oxygen atoms in total. The third-order valence-electron chi connectivity index (χ3n) is 2.72. The molecule has 20 heavy (non-hydrogen) atoms. The van der Waals surface area contributed by atoms with Gasteiger partial charge >= 0.3 is 0 Å². The van der Waals surface area contributed by atoms with Crippen LogP contribution in [0, 0.1) is 0 Å². The summed E-state index contributed by atoms with van der Waals surface area (Å²) in [7, 11) is 1.82. The zero-order valence-electron chi connectivity index (χ0n) is 10.5. The highest BCUT2D eigenvalue weighted by Gasteiger charge is 2.12. The molecule has 0 unspecified atom stereocenters. The summed E-state index contributed by atoms with van der Waals surface area (Å²) in [5, 5.41) is 6.40. The van der Waals surface area contributed by atoms with E-state index >= 15 is 0 Å². The van der Waals surface area contributed by atoms with Crippen LogP contribution in [-0.4, -0.2) is 13.0 Å². The van der Waals surface area contributed by atoms with Crippen LogP contribution in [0.15, 0.2) is 40.9 Å². The van der Waals surface area contributed by atoms with E-state index in [9.17, 15) is 4.79 Å². The van der Waals surface area contributed by atoms with Crippen LogP contribution in [0.4, 0.5) is 11.4 Å². The van der Waals surface area contributed by atoms with E-state index in [0.29, 0.717) is 25.8 Å². The van der Waals surface area contributed by atoms with E-state index in [4.69, 9.17) is 23.2 Å². The lowest BCUT2D eigenvalue weighted by Crippen LogP contribution is -2.12. The topological polar surface area (TPSA) is 41.1 Å². The van der Waals surface area contributed by atoms with Crippen LogP contribution in [0.5, 0.6) is 0 Å². The van der Waals surface area contributed by atoms with Crippen LogP contribution in [0.2, 0.25) is 10.0 Å². The Labute approximate surface area is 135 Å². The minimum absolute atomic E-state index is 0.243. The number of hydrogen-bond donors (Lipinski definition) is 2. The number of carbonyl (C=O) groups is 1. The fraction of sp³-hybridized carbons (Fsp3) is 0.0714. The second kappa shape index (κ2) is 6.48. The lowest BCUT2D eigenvalue weighted by Gasteiger charge is -2.09. The molecule has 0 fully saturated rings. The summed E-state index contributed by atoms with van der Waals surface area (Å²) in [6.07, 6.45) is 0. The van der Waals surface area contributed by atoms with E-state index in [0.717, 1.165) is 5.69 Å². The normalized spacial score (nSPS) is 10.2. The monoisotopic (exact) mass is 372 g/mol. The Kier molecular flexibility index (Phi) is 4.91. The second-order valence-electron chi connectivity index (χ2n) is 4.00. The molecule has 0 saturated heterocycles. The average Bonchev–Trinajstić information content (AvgIpc) is 2.48. The molecule has 0 heterocycles. The first kappa shape index (κ1) is 15.2. The van der Waals surface area contributed by atoms with Gasteiger partial charge < -0.3 is 10.6 Å². The lowest BCUT2D eigenvalue weighted by atomic mass is 10.2. The Morgan fingerprint density at radius 1 is 1.05 bits per heavy atom. The maximum Gasteiger partial charge on any atom is 0.255 e. The summed E-state index contributed by atoms with van der Waals surface area (Å²) >= 11 is 15.4. The molecule has 6 heteroatoms. The highest BCUT2D eigenvalue weighted by molar-refractivity contribution is 9.10. The Morgan fingerprint density at radius 3 is 2.30 bits per heavy atom. The van der Waals surface area contributed by atoms with E-state index in [1.54, 1.807) is 24.3 Å². The summed E-state index contributed by atoms with van der Waals surface area (Å²) in [6.45, 7) is 0. The molecule has 0 aliphatic carbocycles. The van der Waals surface area contributed by atoms with Crippen LogP contribution >= 0.6 is 39.1 Å². The molecular formula is C14H11BrCl2N2O. The predicted octanol–water partition coefficient (Wildman–Crippen LogP) is 5.05. The van der Waals surface area contributed by atoms with Crippen molar-refractivity contribution < 1.29 is 4.79 Å². The second-order valence-corrected chi connectivity index (χ2v) is 5.61. The summed E-state index contributed by atoms with van der Waals surface area (Å²) in [4.78, 5) is 12.1. The first-order valence-corrected chi connectivity index (χ1v) is 7.30. The lowest BCUT2D eigenvalue weighted by molar-refractivity contribution is 0.102. The van der Waals surface area contributed by atoms with Gasteiger partial charge in [0.1, 0.15) is 0 Å². The quantitative estimate of drug-likeness (QED) is 0.739. The summed E-state index contributed by atoms with van der Waals surface area (Å²) in [5.41, 5.74) is 1.95. The van der Waals surface area contributed by atoms with Crippen molar-refractivity contribution in [3.05, 3.63) is 56.5 Å². The van der Waals surface area contributed by atoms with Crippen molar-refractivity contribution >= 4 is 56.4 Å². The van der Waals surface area contributed by atoms with Crippen LogP contribution in [0.3, 0.4) is 0 Å². The van der Waals surface area contributed by atoms with Crippen LogP contribution in [0.25, 0.3) is 0 Å². The van der Waals surface area contributed by atoms with Crippen LogP contribution in [0.1, 0.15) is 10.4 Å². The molecule has 2 aromatic carbocycles. The highest BCUT2D eigenvalue weighted by atomic mass is 79.9. The van der Waals surface area contributed by atoms with Crippen molar-refractivity contribution in [3.8, 4) is 0 Å². The van der Waals surface area contributed by atoms with Gasteiger partial charge in [0.25, 0.3) is 5.91 Å². The maximum absolute atomic E-state index is 12.1. The van der Waals surface area contributed by atoms with Gasteiger partial charge in [-0.3, -0.25) is 4.79 Å². The first-order chi connectivity index (χ1) is 9.52. The molecular weight excluding hydrogens is 363 g/mol. The molecule has 2 aromatic rings. The fourth-order valence-corrected chi connectivity index (χ4v) is 2.43. The number of nitrogens with one attached hydrogen (secondary N) is 2. The molecule has 0 aliphatic rings. The van der Waals surface area contributed by atoms with Gasteiger partial charge in [0, 0.05) is 22.8 Å². The predicted molar refractivity (Wildman–Crippen MR) is 88.1 cm³/mol. The van der Waals surface area contributed by atoms with Crippen molar-refractivity contribution in [2.45, 2.75) is 0 Å². The van der Waals surface area contributed by atoms with Crippen molar-refractivity contribution in [1.82, 2.24) is 0 Å². The van der Waals surface area contributed by atoms with E-state index < -0.39 is 0 Å². The number of carbonyl (C=O) groups excluding carboxylic acids is 1. The van der Waals surface area contributed by atoms with Crippen molar-refractivity contribution in [2.75, 3.05) is 17.7 Å².